The van der Waals surface area contributed by atoms with Gasteiger partial charge in [0, 0.05) is 63.4 Å². The van der Waals surface area contributed by atoms with Gasteiger partial charge in [-0.2, -0.15) is 10.2 Å². The van der Waals surface area contributed by atoms with Crippen LogP contribution < -0.4 is 5.32 Å². The van der Waals surface area contributed by atoms with Crippen molar-refractivity contribution >= 4 is 11.9 Å². The molecule has 10 heteroatoms. The van der Waals surface area contributed by atoms with Crippen molar-refractivity contribution in [3.05, 3.63) is 55.1 Å². The van der Waals surface area contributed by atoms with E-state index in [0.29, 0.717) is 18.9 Å². The lowest BCUT2D eigenvalue weighted by Gasteiger charge is -2.34. The van der Waals surface area contributed by atoms with E-state index < -0.39 is 5.60 Å². The van der Waals surface area contributed by atoms with Gasteiger partial charge in [0.05, 0.1) is 17.5 Å². The number of nitrogens with one attached hydrogen (secondary N) is 1. The highest BCUT2D eigenvalue weighted by Crippen LogP contribution is 2.30. The number of carbonyl (C=O) groups is 1. The second kappa shape index (κ2) is 10.9. The van der Waals surface area contributed by atoms with Crippen molar-refractivity contribution in [2.45, 2.75) is 39.2 Å². The molecule has 0 radical (unpaired) electrons. The number of amides is 1. The van der Waals surface area contributed by atoms with Crippen molar-refractivity contribution in [3.63, 3.8) is 0 Å². The van der Waals surface area contributed by atoms with Gasteiger partial charge < -0.3 is 15.0 Å². The molecular weight excluding hydrogens is 492 g/mol. The highest BCUT2D eigenvalue weighted by atomic mass is 16.6. The summed E-state index contributed by atoms with van der Waals surface area (Å²) in [7, 11) is 3.80. The van der Waals surface area contributed by atoms with Gasteiger partial charge in [-0.05, 0) is 57.2 Å². The Hall–Kier alpha value is -4.21. The molecule has 1 atom stereocenters. The number of nitrogens with zero attached hydrogens (tertiary/aromatic N) is 7. The van der Waals surface area contributed by atoms with Crippen molar-refractivity contribution in [2.24, 2.45) is 20.0 Å². The average Bonchev–Trinajstić information content (AvgIpc) is 3.54. The molecule has 1 unspecified atom stereocenters. The number of carbonyl (C=O) groups excluding carboxylic acids is 1. The third-order valence-corrected chi connectivity index (χ3v) is 6.67. The van der Waals surface area contributed by atoms with Crippen LogP contribution in [-0.2, 0) is 18.8 Å². The second-order valence-electron chi connectivity index (χ2n) is 11.1. The van der Waals surface area contributed by atoms with Crippen molar-refractivity contribution in [1.29, 1.82) is 0 Å². The molecule has 0 spiro atoms. The van der Waals surface area contributed by atoms with Gasteiger partial charge in [0.1, 0.15) is 11.4 Å². The van der Waals surface area contributed by atoms with Gasteiger partial charge in [-0.25, -0.2) is 14.8 Å². The predicted octanol–water partition coefficient (Wildman–Crippen LogP) is 5.00. The predicted molar refractivity (Wildman–Crippen MR) is 151 cm³/mol. The summed E-state index contributed by atoms with van der Waals surface area (Å²) in [6.45, 7) is 7.72. The highest BCUT2D eigenvalue weighted by Gasteiger charge is 2.28. The van der Waals surface area contributed by atoms with Gasteiger partial charge in [-0.1, -0.05) is 18.2 Å². The maximum Gasteiger partial charge on any atom is 0.410 e. The van der Waals surface area contributed by atoms with Crippen LogP contribution in [0, 0.1) is 5.92 Å². The molecule has 204 valence electrons. The minimum Gasteiger partial charge on any atom is -0.444 e. The number of hydrogen-bond donors (Lipinski definition) is 1. The number of ether oxygens (including phenoxy) is 1. The van der Waals surface area contributed by atoms with E-state index in [1.165, 1.54) is 0 Å². The van der Waals surface area contributed by atoms with E-state index in [4.69, 9.17) is 14.7 Å². The smallest absolute Gasteiger partial charge is 0.410 e. The van der Waals surface area contributed by atoms with E-state index >= 15 is 0 Å². The molecule has 0 aliphatic carbocycles. The number of likely N-dealkylation sites (tertiary alicyclic amines) is 1. The molecule has 1 aromatic carbocycles. The van der Waals surface area contributed by atoms with Gasteiger partial charge >= 0.3 is 6.09 Å². The molecule has 0 bridgehead atoms. The van der Waals surface area contributed by atoms with E-state index in [0.717, 1.165) is 53.2 Å². The lowest BCUT2D eigenvalue weighted by Crippen LogP contribution is -2.44. The summed E-state index contributed by atoms with van der Waals surface area (Å²) in [4.78, 5) is 24.1. The summed E-state index contributed by atoms with van der Waals surface area (Å²) in [5.74, 6) is 1.62. The molecule has 4 aromatic rings. The minimum atomic E-state index is -0.508. The van der Waals surface area contributed by atoms with Crippen LogP contribution in [0.3, 0.4) is 0 Å². The zero-order valence-corrected chi connectivity index (χ0v) is 23.3. The Bertz CT molecular complexity index is 1450. The molecule has 4 heterocycles. The van der Waals surface area contributed by atoms with Crippen LogP contribution in [-0.4, -0.2) is 65.8 Å². The molecule has 1 aliphatic heterocycles. The van der Waals surface area contributed by atoms with Crippen LogP contribution in [0.5, 0.6) is 0 Å². The lowest BCUT2D eigenvalue weighted by atomic mass is 9.98. The Morgan fingerprint density at radius 2 is 1.92 bits per heavy atom. The third-order valence-electron chi connectivity index (χ3n) is 6.67. The Kier molecular flexibility index (Phi) is 7.36. The number of aromatic nitrogens is 6. The monoisotopic (exact) mass is 528 g/mol. The topological polar surface area (TPSA) is 103 Å². The Balaban J connectivity index is 1.38. The van der Waals surface area contributed by atoms with Crippen molar-refractivity contribution in [3.8, 4) is 33.8 Å². The molecule has 1 aliphatic rings. The summed E-state index contributed by atoms with van der Waals surface area (Å²) < 4.78 is 9.16. The fourth-order valence-corrected chi connectivity index (χ4v) is 4.77. The lowest BCUT2D eigenvalue weighted by molar-refractivity contribution is 0.0172. The van der Waals surface area contributed by atoms with Gasteiger partial charge in [0.15, 0.2) is 5.82 Å². The molecule has 1 fully saturated rings. The number of piperidine rings is 1. The van der Waals surface area contributed by atoms with E-state index in [2.05, 4.69) is 27.6 Å². The Labute approximate surface area is 229 Å². The highest BCUT2D eigenvalue weighted by molar-refractivity contribution is 5.75. The van der Waals surface area contributed by atoms with Crippen LogP contribution in [0.4, 0.5) is 10.6 Å². The largest absolute Gasteiger partial charge is 0.444 e. The minimum absolute atomic E-state index is 0.251. The van der Waals surface area contributed by atoms with Crippen LogP contribution >= 0.6 is 0 Å². The average molecular weight is 529 g/mol. The fraction of sp³-hybridized carbons (Fsp3) is 0.414. The van der Waals surface area contributed by atoms with Gasteiger partial charge in [-0.3, -0.25) is 9.36 Å². The normalized spacial score (nSPS) is 15.8. The zero-order chi connectivity index (χ0) is 27.6. The molecule has 1 N–H and O–H groups in total. The molecular formula is C29H36N8O2. The summed E-state index contributed by atoms with van der Waals surface area (Å²) >= 11 is 0. The van der Waals surface area contributed by atoms with Crippen LogP contribution in [0.15, 0.2) is 55.1 Å². The van der Waals surface area contributed by atoms with Crippen LogP contribution in [0.1, 0.15) is 33.6 Å². The Morgan fingerprint density at radius 3 is 2.64 bits per heavy atom. The maximum absolute atomic E-state index is 12.7. The first kappa shape index (κ1) is 26.4. The number of aryl methyl sites for hydroxylation is 2. The molecule has 1 saturated heterocycles. The van der Waals surface area contributed by atoms with Gasteiger partial charge in [0.2, 0.25) is 0 Å². The number of hydrogen-bond acceptors (Lipinski definition) is 7. The third kappa shape index (κ3) is 6.45. The number of benzene rings is 1. The van der Waals surface area contributed by atoms with Crippen LogP contribution in [0.2, 0.25) is 0 Å². The SMILES string of the molecule is Cn1cc(-c2cccc(-c3ncc(-c4ccn(C)n4)c(NCC4CCCN(C(=O)OC(C)(C)C)C4)n3)c2)cn1. The first-order valence-electron chi connectivity index (χ1n) is 13.3. The van der Waals surface area contributed by atoms with Crippen molar-refractivity contribution < 1.29 is 9.53 Å². The van der Waals surface area contributed by atoms with Gasteiger partial charge in [-0.15, -0.1) is 0 Å². The molecule has 10 nitrogen and oxygen atoms in total. The number of anilines is 1. The number of rotatable bonds is 6. The van der Waals surface area contributed by atoms with E-state index in [9.17, 15) is 4.79 Å². The summed E-state index contributed by atoms with van der Waals surface area (Å²) in [5.41, 5.74) is 4.13. The van der Waals surface area contributed by atoms with Crippen molar-refractivity contribution in [2.75, 3.05) is 25.0 Å². The molecule has 3 aromatic heterocycles. The van der Waals surface area contributed by atoms with Gasteiger partial charge in [0.25, 0.3) is 0 Å². The fourth-order valence-electron chi connectivity index (χ4n) is 4.77. The maximum atomic E-state index is 12.7. The summed E-state index contributed by atoms with van der Waals surface area (Å²) in [5, 5.41) is 12.4. The summed E-state index contributed by atoms with van der Waals surface area (Å²) in [6.07, 6.45) is 9.29. The van der Waals surface area contributed by atoms with E-state index in [-0.39, 0.29) is 12.0 Å². The van der Waals surface area contributed by atoms with Crippen molar-refractivity contribution in [1.82, 2.24) is 34.4 Å². The van der Waals surface area contributed by atoms with E-state index in [1.807, 2.05) is 82.8 Å². The van der Waals surface area contributed by atoms with E-state index in [1.54, 1.807) is 9.36 Å². The summed E-state index contributed by atoms with van der Waals surface area (Å²) in [6, 6.07) is 10.1. The first-order valence-corrected chi connectivity index (χ1v) is 13.3. The standard InChI is InChI=1S/C29H36N8O2/c1-29(2,3)39-28(38)37-12-7-8-20(18-37)15-30-27-24(25-11-13-35(4)34-25)17-31-26(33-27)22-10-6-9-21(14-22)23-16-32-36(5)19-23/h6,9-11,13-14,16-17,19-20H,7-8,12,15,18H2,1-5H3,(H,30,31,33). The second-order valence-corrected chi connectivity index (χ2v) is 11.1. The molecule has 1 amide bonds. The van der Waals surface area contributed by atoms with Crippen LogP contribution in [0.25, 0.3) is 33.8 Å². The zero-order valence-electron chi connectivity index (χ0n) is 23.3. The molecule has 0 saturated carbocycles. The Morgan fingerprint density at radius 1 is 1.10 bits per heavy atom. The quantitative estimate of drug-likeness (QED) is 0.375. The molecule has 5 rings (SSSR count). The molecule has 39 heavy (non-hydrogen) atoms. The first-order chi connectivity index (χ1) is 18.6.